The summed E-state index contributed by atoms with van der Waals surface area (Å²) in [5.41, 5.74) is 0. The summed E-state index contributed by atoms with van der Waals surface area (Å²) in [5, 5.41) is 3.87. The molecule has 1 heterocycles. The first-order valence-corrected chi connectivity index (χ1v) is 8.72. The zero-order valence-corrected chi connectivity index (χ0v) is 12.4. The van der Waals surface area contributed by atoms with Crippen molar-refractivity contribution >= 4 is 11.8 Å². The van der Waals surface area contributed by atoms with Crippen LogP contribution < -0.4 is 5.32 Å². The van der Waals surface area contributed by atoms with Gasteiger partial charge in [0.2, 0.25) is 0 Å². The molecule has 1 N–H and O–H groups in total. The van der Waals surface area contributed by atoms with Crippen LogP contribution in [0.3, 0.4) is 0 Å². The van der Waals surface area contributed by atoms with Crippen LogP contribution in [0.1, 0.15) is 52.4 Å². The maximum atomic E-state index is 3.87. The zero-order chi connectivity index (χ0) is 12.1. The van der Waals surface area contributed by atoms with Gasteiger partial charge in [-0.05, 0) is 61.5 Å². The van der Waals surface area contributed by atoms with Crippen molar-refractivity contribution in [2.24, 2.45) is 17.8 Å². The maximum absolute atomic E-state index is 3.87. The predicted octanol–water partition coefficient (Wildman–Crippen LogP) is 3.93. The van der Waals surface area contributed by atoms with E-state index >= 15 is 0 Å². The summed E-state index contributed by atoms with van der Waals surface area (Å²) in [6, 6.07) is 0.825. The zero-order valence-electron chi connectivity index (χ0n) is 11.6. The lowest BCUT2D eigenvalue weighted by molar-refractivity contribution is 0.225. The monoisotopic (exact) mass is 255 g/mol. The molecule has 2 aliphatic rings. The second-order valence-electron chi connectivity index (χ2n) is 6.33. The van der Waals surface area contributed by atoms with E-state index in [0.717, 1.165) is 23.8 Å². The molecule has 0 radical (unpaired) electrons. The lowest BCUT2D eigenvalue weighted by Crippen LogP contribution is -2.38. The van der Waals surface area contributed by atoms with E-state index in [-0.39, 0.29) is 0 Å². The molecule has 2 rings (SSSR count). The molecular formula is C15H29NS. The molecule has 2 fully saturated rings. The van der Waals surface area contributed by atoms with Crippen molar-refractivity contribution in [3.8, 4) is 0 Å². The highest BCUT2D eigenvalue weighted by atomic mass is 32.2. The minimum atomic E-state index is 0.825. The van der Waals surface area contributed by atoms with E-state index in [1.165, 1.54) is 56.6 Å². The standard InChI is InChI=1S/C15H29NS/c1-12(2)14-4-3-5-15(10-14)16-11-13-6-8-17-9-7-13/h12-16H,3-11H2,1-2H3. The lowest BCUT2D eigenvalue weighted by Gasteiger charge is -2.33. The molecule has 2 atom stereocenters. The van der Waals surface area contributed by atoms with Crippen LogP contribution in [0, 0.1) is 17.8 Å². The van der Waals surface area contributed by atoms with Gasteiger partial charge < -0.3 is 5.32 Å². The van der Waals surface area contributed by atoms with Crippen LogP contribution in [-0.2, 0) is 0 Å². The minimum Gasteiger partial charge on any atom is -0.314 e. The minimum absolute atomic E-state index is 0.825. The molecule has 17 heavy (non-hydrogen) atoms. The molecule has 0 bridgehead atoms. The Morgan fingerprint density at radius 2 is 1.88 bits per heavy atom. The van der Waals surface area contributed by atoms with Gasteiger partial charge in [-0.25, -0.2) is 0 Å². The molecule has 0 aromatic heterocycles. The summed E-state index contributed by atoms with van der Waals surface area (Å²) < 4.78 is 0. The first kappa shape index (κ1) is 13.7. The summed E-state index contributed by atoms with van der Waals surface area (Å²) in [6.45, 7) is 6.08. The molecule has 1 saturated carbocycles. The van der Waals surface area contributed by atoms with Crippen LogP contribution in [0.5, 0.6) is 0 Å². The van der Waals surface area contributed by atoms with E-state index in [1.807, 2.05) is 0 Å². The first-order chi connectivity index (χ1) is 8.25. The van der Waals surface area contributed by atoms with Crippen LogP contribution in [0.15, 0.2) is 0 Å². The van der Waals surface area contributed by atoms with Gasteiger partial charge in [-0.3, -0.25) is 0 Å². The van der Waals surface area contributed by atoms with Crippen LogP contribution in [0.4, 0.5) is 0 Å². The number of rotatable bonds is 4. The van der Waals surface area contributed by atoms with E-state index in [4.69, 9.17) is 0 Å². The SMILES string of the molecule is CC(C)C1CCCC(NCC2CCSCC2)C1. The number of nitrogens with one attached hydrogen (secondary N) is 1. The van der Waals surface area contributed by atoms with Gasteiger partial charge in [0.15, 0.2) is 0 Å². The van der Waals surface area contributed by atoms with Crippen LogP contribution in [-0.4, -0.2) is 24.1 Å². The van der Waals surface area contributed by atoms with Crippen molar-refractivity contribution in [2.75, 3.05) is 18.1 Å². The van der Waals surface area contributed by atoms with Gasteiger partial charge in [-0.2, -0.15) is 11.8 Å². The summed E-state index contributed by atoms with van der Waals surface area (Å²) in [6.07, 6.45) is 8.65. The number of hydrogen-bond donors (Lipinski definition) is 1. The Bertz CT molecular complexity index is 211. The van der Waals surface area contributed by atoms with Crippen LogP contribution >= 0.6 is 11.8 Å². The molecule has 0 aromatic carbocycles. The van der Waals surface area contributed by atoms with Crippen molar-refractivity contribution < 1.29 is 0 Å². The van der Waals surface area contributed by atoms with Gasteiger partial charge in [0.1, 0.15) is 0 Å². The second kappa shape index (κ2) is 7.04. The fourth-order valence-electron chi connectivity index (χ4n) is 3.30. The molecule has 1 saturated heterocycles. The Kier molecular flexibility index (Phi) is 5.68. The molecule has 0 amide bonds. The highest BCUT2D eigenvalue weighted by Gasteiger charge is 2.24. The van der Waals surface area contributed by atoms with Crippen molar-refractivity contribution in [1.82, 2.24) is 5.32 Å². The summed E-state index contributed by atoms with van der Waals surface area (Å²) in [7, 11) is 0. The normalized spacial score (nSPS) is 31.9. The van der Waals surface area contributed by atoms with E-state index in [2.05, 4.69) is 30.9 Å². The molecular weight excluding hydrogens is 226 g/mol. The fraction of sp³-hybridized carbons (Fsp3) is 1.00. The molecule has 1 nitrogen and oxygen atoms in total. The van der Waals surface area contributed by atoms with Gasteiger partial charge >= 0.3 is 0 Å². The smallest absolute Gasteiger partial charge is 0.00699 e. The van der Waals surface area contributed by atoms with Gasteiger partial charge in [0.25, 0.3) is 0 Å². The summed E-state index contributed by atoms with van der Waals surface area (Å²) in [4.78, 5) is 0. The number of hydrogen-bond acceptors (Lipinski definition) is 2. The van der Waals surface area contributed by atoms with Crippen molar-refractivity contribution in [3.63, 3.8) is 0 Å². The third-order valence-corrected chi connectivity index (χ3v) is 5.74. The topological polar surface area (TPSA) is 12.0 Å². The Balaban J connectivity index is 1.67. The van der Waals surface area contributed by atoms with E-state index in [0.29, 0.717) is 0 Å². The van der Waals surface area contributed by atoms with Gasteiger partial charge in [-0.1, -0.05) is 26.7 Å². The molecule has 100 valence electrons. The summed E-state index contributed by atoms with van der Waals surface area (Å²) >= 11 is 2.14. The van der Waals surface area contributed by atoms with Gasteiger partial charge in [-0.15, -0.1) is 0 Å². The van der Waals surface area contributed by atoms with Gasteiger partial charge in [0.05, 0.1) is 0 Å². The third-order valence-electron chi connectivity index (χ3n) is 4.69. The largest absolute Gasteiger partial charge is 0.314 e. The maximum Gasteiger partial charge on any atom is 0.00699 e. The Hall–Kier alpha value is 0.310. The molecule has 1 aliphatic carbocycles. The lowest BCUT2D eigenvalue weighted by atomic mass is 9.79. The molecule has 1 aliphatic heterocycles. The number of thioether (sulfide) groups is 1. The quantitative estimate of drug-likeness (QED) is 0.817. The van der Waals surface area contributed by atoms with E-state index < -0.39 is 0 Å². The Morgan fingerprint density at radius 1 is 1.12 bits per heavy atom. The molecule has 0 spiro atoms. The molecule has 2 unspecified atom stereocenters. The molecule has 2 heteroatoms. The second-order valence-corrected chi connectivity index (χ2v) is 7.56. The van der Waals surface area contributed by atoms with Crippen LogP contribution in [0.2, 0.25) is 0 Å². The Morgan fingerprint density at radius 3 is 2.59 bits per heavy atom. The van der Waals surface area contributed by atoms with Crippen molar-refractivity contribution in [3.05, 3.63) is 0 Å². The average Bonchev–Trinajstić information content (AvgIpc) is 2.38. The summed E-state index contributed by atoms with van der Waals surface area (Å²) in [5.74, 6) is 5.61. The van der Waals surface area contributed by atoms with Crippen molar-refractivity contribution in [1.29, 1.82) is 0 Å². The highest BCUT2D eigenvalue weighted by molar-refractivity contribution is 7.99. The average molecular weight is 255 g/mol. The highest BCUT2D eigenvalue weighted by Crippen LogP contribution is 2.30. The Labute approximate surface area is 112 Å². The van der Waals surface area contributed by atoms with Crippen molar-refractivity contribution in [2.45, 2.75) is 58.4 Å². The third kappa shape index (κ3) is 4.48. The fourth-order valence-corrected chi connectivity index (χ4v) is 4.51. The first-order valence-electron chi connectivity index (χ1n) is 7.57. The van der Waals surface area contributed by atoms with Crippen LogP contribution in [0.25, 0.3) is 0 Å². The molecule has 0 aromatic rings. The van der Waals surface area contributed by atoms with E-state index in [1.54, 1.807) is 0 Å². The van der Waals surface area contributed by atoms with Gasteiger partial charge in [0, 0.05) is 6.04 Å². The predicted molar refractivity (Wildman–Crippen MR) is 78.6 cm³/mol. The van der Waals surface area contributed by atoms with E-state index in [9.17, 15) is 0 Å².